The van der Waals surface area contributed by atoms with Crippen LogP contribution in [-0.4, -0.2) is 17.9 Å². The molecule has 0 bridgehead atoms. The molecule has 0 amide bonds. The molecule has 0 aliphatic heterocycles. The molecule has 0 atom stereocenters. The minimum Gasteiger partial charge on any atom is -0.480 e. The number of benzene rings is 2. The second kappa shape index (κ2) is 5.13. The molecule has 98 valence electrons. The zero-order chi connectivity index (χ0) is 13.9. The summed E-state index contributed by atoms with van der Waals surface area (Å²) in [5, 5.41) is 2.16. The van der Waals surface area contributed by atoms with Crippen LogP contribution in [0.3, 0.4) is 0 Å². The highest BCUT2D eigenvalue weighted by Gasteiger charge is 2.15. The normalized spacial score (nSPS) is 10.4. The van der Waals surface area contributed by atoms with Crippen molar-refractivity contribution in [1.29, 1.82) is 0 Å². The molecule has 20 heavy (non-hydrogen) atoms. The van der Waals surface area contributed by atoms with Gasteiger partial charge in [0.1, 0.15) is 0 Å². The fourth-order valence-corrected chi connectivity index (χ4v) is 2.21. The maximum atomic E-state index is 12.5. The van der Waals surface area contributed by atoms with Crippen molar-refractivity contribution >= 4 is 16.6 Å². The fraction of sp³-hybridized carbons (Fsp3) is 0.0588. The van der Waals surface area contributed by atoms with Crippen LogP contribution in [0.5, 0.6) is 5.88 Å². The Kier molecular flexibility index (Phi) is 3.17. The van der Waals surface area contributed by atoms with Gasteiger partial charge >= 0.3 is 0 Å². The lowest BCUT2D eigenvalue weighted by Gasteiger charge is -2.07. The average Bonchev–Trinajstić information content (AvgIpc) is 2.53. The number of nitrogens with zero attached hydrogens (tertiary/aromatic N) is 1. The van der Waals surface area contributed by atoms with E-state index >= 15 is 0 Å². The Bertz CT molecular complexity index is 781. The van der Waals surface area contributed by atoms with Crippen LogP contribution in [-0.2, 0) is 0 Å². The molecule has 0 N–H and O–H groups in total. The van der Waals surface area contributed by atoms with Crippen LogP contribution in [0.1, 0.15) is 15.9 Å². The highest BCUT2D eigenvalue weighted by Crippen LogP contribution is 2.21. The molecule has 3 heteroatoms. The fourth-order valence-electron chi connectivity index (χ4n) is 2.21. The van der Waals surface area contributed by atoms with E-state index in [2.05, 4.69) is 4.98 Å². The second-order valence-electron chi connectivity index (χ2n) is 4.45. The number of ketones is 1. The number of methoxy groups -OCH3 is 1. The predicted molar refractivity (Wildman–Crippen MR) is 78.2 cm³/mol. The van der Waals surface area contributed by atoms with Crippen LogP contribution in [0.4, 0.5) is 0 Å². The predicted octanol–water partition coefficient (Wildman–Crippen LogP) is 3.47. The van der Waals surface area contributed by atoms with Crippen molar-refractivity contribution < 1.29 is 9.53 Å². The first-order chi connectivity index (χ1) is 9.79. The van der Waals surface area contributed by atoms with Gasteiger partial charge in [-0.2, -0.15) is 0 Å². The maximum Gasteiger partial charge on any atom is 0.224 e. The lowest BCUT2D eigenvalue weighted by atomic mass is 10.0. The summed E-state index contributed by atoms with van der Waals surface area (Å²) in [6.07, 6.45) is 1.61. The molecule has 0 saturated carbocycles. The Labute approximate surface area is 116 Å². The standard InChI is InChI=1S/C17H13NO2/c1-20-17-15(7-4-10-18-17)16(19)14-9-8-12-5-2-3-6-13(12)11-14/h2-11H,1H3. The van der Waals surface area contributed by atoms with Crippen LogP contribution < -0.4 is 4.74 Å². The number of carbonyl (C=O) groups is 1. The Balaban J connectivity index is 2.08. The van der Waals surface area contributed by atoms with E-state index in [1.54, 1.807) is 18.3 Å². The third-order valence-electron chi connectivity index (χ3n) is 3.22. The van der Waals surface area contributed by atoms with Crippen molar-refractivity contribution in [2.24, 2.45) is 0 Å². The van der Waals surface area contributed by atoms with E-state index in [1.807, 2.05) is 42.5 Å². The Morgan fingerprint density at radius 1 is 1.00 bits per heavy atom. The van der Waals surface area contributed by atoms with Gasteiger partial charge in [0.15, 0.2) is 5.78 Å². The Hall–Kier alpha value is -2.68. The molecular formula is C17H13NO2. The molecule has 0 aliphatic carbocycles. The van der Waals surface area contributed by atoms with E-state index in [9.17, 15) is 4.79 Å². The first kappa shape index (κ1) is 12.4. The minimum atomic E-state index is -0.0827. The van der Waals surface area contributed by atoms with Crippen molar-refractivity contribution in [3.05, 3.63) is 71.9 Å². The van der Waals surface area contributed by atoms with Crippen LogP contribution in [0.2, 0.25) is 0 Å². The zero-order valence-corrected chi connectivity index (χ0v) is 11.0. The molecule has 3 aromatic rings. The average molecular weight is 263 g/mol. The lowest BCUT2D eigenvalue weighted by molar-refractivity contribution is 0.103. The van der Waals surface area contributed by atoms with Crippen LogP contribution in [0.25, 0.3) is 10.8 Å². The number of hydrogen-bond acceptors (Lipinski definition) is 3. The first-order valence-corrected chi connectivity index (χ1v) is 6.32. The number of ether oxygens (including phenoxy) is 1. The number of carbonyl (C=O) groups excluding carboxylic acids is 1. The van der Waals surface area contributed by atoms with E-state index in [-0.39, 0.29) is 5.78 Å². The van der Waals surface area contributed by atoms with Crippen molar-refractivity contribution in [2.45, 2.75) is 0 Å². The molecule has 0 unspecified atom stereocenters. The highest BCUT2D eigenvalue weighted by atomic mass is 16.5. The molecule has 1 aromatic heterocycles. The van der Waals surface area contributed by atoms with Gasteiger partial charge in [-0.3, -0.25) is 4.79 Å². The molecule has 0 saturated heterocycles. The molecular weight excluding hydrogens is 250 g/mol. The summed E-state index contributed by atoms with van der Waals surface area (Å²) in [4.78, 5) is 16.6. The molecule has 0 spiro atoms. The summed E-state index contributed by atoms with van der Waals surface area (Å²) in [7, 11) is 1.51. The molecule has 2 aromatic carbocycles. The summed E-state index contributed by atoms with van der Waals surface area (Å²) in [5.41, 5.74) is 1.11. The van der Waals surface area contributed by atoms with Gasteiger partial charge in [-0.25, -0.2) is 4.98 Å². The highest BCUT2D eigenvalue weighted by molar-refractivity contribution is 6.11. The van der Waals surface area contributed by atoms with Gasteiger partial charge in [-0.15, -0.1) is 0 Å². The van der Waals surface area contributed by atoms with Gasteiger partial charge in [0, 0.05) is 11.8 Å². The monoisotopic (exact) mass is 263 g/mol. The quantitative estimate of drug-likeness (QED) is 0.679. The van der Waals surface area contributed by atoms with Gasteiger partial charge in [-0.1, -0.05) is 36.4 Å². The molecule has 0 aliphatic rings. The second-order valence-corrected chi connectivity index (χ2v) is 4.45. The Morgan fingerprint density at radius 3 is 2.60 bits per heavy atom. The lowest BCUT2D eigenvalue weighted by Crippen LogP contribution is -2.05. The van der Waals surface area contributed by atoms with Crippen LogP contribution in [0, 0.1) is 0 Å². The zero-order valence-electron chi connectivity index (χ0n) is 11.0. The first-order valence-electron chi connectivity index (χ1n) is 6.32. The summed E-state index contributed by atoms with van der Waals surface area (Å²) >= 11 is 0. The van der Waals surface area contributed by atoms with E-state index in [0.717, 1.165) is 10.8 Å². The molecule has 3 rings (SSSR count). The summed E-state index contributed by atoms with van der Waals surface area (Å²) in [6.45, 7) is 0. The number of rotatable bonds is 3. The van der Waals surface area contributed by atoms with Crippen molar-refractivity contribution in [2.75, 3.05) is 7.11 Å². The summed E-state index contributed by atoms with van der Waals surface area (Å²) < 4.78 is 5.14. The van der Waals surface area contributed by atoms with E-state index in [0.29, 0.717) is 17.0 Å². The number of fused-ring (bicyclic) bond motifs is 1. The molecule has 3 nitrogen and oxygen atoms in total. The molecule has 1 heterocycles. The number of pyridine rings is 1. The molecule has 0 fully saturated rings. The maximum absolute atomic E-state index is 12.5. The van der Waals surface area contributed by atoms with E-state index in [1.165, 1.54) is 7.11 Å². The smallest absolute Gasteiger partial charge is 0.224 e. The summed E-state index contributed by atoms with van der Waals surface area (Å²) in [6, 6.07) is 17.1. The third-order valence-corrected chi connectivity index (χ3v) is 3.22. The van der Waals surface area contributed by atoms with Gasteiger partial charge in [-0.05, 0) is 29.0 Å². The van der Waals surface area contributed by atoms with Crippen molar-refractivity contribution in [1.82, 2.24) is 4.98 Å². The van der Waals surface area contributed by atoms with Crippen LogP contribution >= 0.6 is 0 Å². The van der Waals surface area contributed by atoms with Gasteiger partial charge in [0.2, 0.25) is 5.88 Å². The Morgan fingerprint density at radius 2 is 1.80 bits per heavy atom. The van der Waals surface area contributed by atoms with E-state index in [4.69, 9.17) is 4.74 Å². The summed E-state index contributed by atoms with van der Waals surface area (Å²) in [5.74, 6) is 0.270. The van der Waals surface area contributed by atoms with Gasteiger partial charge in [0.05, 0.1) is 12.7 Å². The SMILES string of the molecule is COc1ncccc1C(=O)c1ccc2ccccc2c1. The topological polar surface area (TPSA) is 39.2 Å². The van der Waals surface area contributed by atoms with Crippen LogP contribution in [0.15, 0.2) is 60.8 Å². The number of hydrogen-bond donors (Lipinski definition) is 0. The molecule has 0 radical (unpaired) electrons. The minimum absolute atomic E-state index is 0.0827. The van der Waals surface area contributed by atoms with Gasteiger partial charge in [0.25, 0.3) is 0 Å². The van der Waals surface area contributed by atoms with Crippen molar-refractivity contribution in [3.8, 4) is 5.88 Å². The van der Waals surface area contributed by atoms with E-state index < -0.39 is 0 Å². The number of aromatic nitrogens is 1. The van der Waals surface area contributed by atoms with Crippen molar-refractivity contribution in [3.63, 3.8) is 0 Å². The largest absolute Gasteiger partial charge is 0.480 e. The third kappa shape index (κ3) is 2.14. The van der Waals surface area contributed by atoms with Gasteiger partial charge < -0.3 is 4.74 Å².